The van der Waals surface area contributed by atoms with Crippen molar-refractivity contribution < 1.29 is 14.3 Å². The average Bonchev–Trinajstić information content (AvgIpc) is 3.12. The largest absolute Gasteiger partial charge is 0.491 e. The number of nitrogens with zero attached hydrogens (tertiary/aromatic N) is 1. The summed E-state index contributed by atoms with van der Waals surface area (Å²) in [5, 5.41) is 5.57. The Kier molecular flexibility index (Phi) is 4.49. The summed E-state index contributed by atoms with van der Waals surface area (Å²) in [6.45, 7) is 1.34. The minimum absolute atomic E-state index is 0.158. The zero-order valence-electron chi connectivity index (χ0n) is 13.4. The second-order valence-corrected chi connectivity index (χ2v) is 7.14. The molecule has 6 heteroatoms. The van der Waals surface area contributed by atoms with Crippen molar-refractivity contribution in [2.75, 3.05) is 18.5 Å². The molecule has 0 radical (unpaired) electrons. The van der Waals surface area contributed by atoms with Crippen LogP contribution in [-0.4, -0.2) is 30.2 Å². The number of benzene rings is 1. The maximum Gasteiger partial charge on any atom is 0.257 e. The van der Waals surface area contributed by atoms with Crippen molar-refractivity contribution in [3.8, 4) is 5.75 Å². The van der Waals surface area contributed by atoms with Crippen molar-refractivity contribution in [3.05, 3.63) is 40.9 Å². The molecule has 1 aromatic heterocycles. The van der Waals surface area contributed by atoms with E-state index in [0.29, 0.717) is 29.0 Å². The zero-order valence-corrected chi connectivity index (χ0v) is 14.2. The topological polar surface area (TPSA) is 60.5 Å². The molecule has 2 fully saturated rings. The lowest BCUT2D eigenvalue weighted by atomic mass is 10.2. The summed E-state index contributed by atoms with van der Waals surface area (Å²) in [6, 6.07) is 7.24. The molecule has 2 heterocycles. The number of thiazole rings is 1. The third-order valence-electron chi connectivity index (χ3n) is 4.29. The summed E-state index contributed by atoms with van der Waals surface area (Å²) in [5.74, 6) is 1.13. The molecule has 1 saturated carbocycles. The molecular formula is C18H20N2O3S. The molecule has 0 bridgehead atoms. The summed E-state index contributed by atoms with van der Waals surface area (Å²) >= 11 is 1.48. The Hall–Kier alpha value is -1.92. The van der Waals surface area contributed by atoms with Crippen LogP contribution >= 0.6 is 11.3 Å². The summed E-state index contributed by atoms with van der Waals surface area (Å²) in [4.78, 5) is 16.9. The third-order valence-corrected chi connectivity index (χ3v) is 5.07. The van der Waals surface area contributed by atoms with Crippen molar-refractivity contribution in [2.45, 2.75) is 37.7 Å². The van der Waals surface area contributed by atoms with Gasteiger partial charge in [0, 0.05) is 23.5 Å². The fraction of sp³-hybridized carbons (Fsp3) is 0.444. The first-order valence-corrected chi connectivity index (χ1v) is 9.27. The first-order chi connectivity index (χ1) is 11.8. The van der Waals surface area contributed by atoms with Gasteiger partial charge in [-0.15, -0.1) is 11.3 Å². The van der Waals surface area contributed by atoms with Crippen molar-refractivity contribution in [2.24, 2.45) is 0 Å². The van der Waals surface area contributed by atoms with Gasteiger partial charge in [-0.1, -0.05) is 6.07 Å². The molecule has 4 rings (SSSR count). The first kappa shape index (κ1) is 15.6. The minimum Gasteiger partial charge on any atom is -0.491 e. The monoisotopic (exact) mass is 344 g/mol. The summed E-state index contributed by atoms with van der Waals surface area (Å²) < 4.78 is 11.3. The van der Waals surface area contributed by atoms with Gasteiger partial charge in [0.1, 0.15) is 12.4 Å². The molecule has 2 aliphatic rings. The van der Waals surface area contributed by atoms with E-state index in [1.54, 1.807) is 12.1 Å². The predicted molar refractivity (Wildman–Crippen MR) is 93.0 cm³/mol. The van der Waals surface area contributed by atoms with E-state index < -0.39 is 0 Å². The van der Waals surface area contributed by atoms with Crippen LogP contribution in [0, 0.1) is 0 Å². The van der Waals surface area contributed by atoms with Gasteiger partial charge in [0.2, 0.25) is 0 Å². The number of carbonyl (C=O) groups excluding carboxylic acids is 1. The Labute approximate surface area is 145 Å². The lowest BCUT2D eigenvalue weighted by Crippen LogP contribution is -2.17. The average molecular weight is 344 g/mol. The Morgan fingerprint density at radius 3 is 3.08 bits per heavy atom. The van der Waals surface area contributed by atoms with E-state index in [1.807, 2.05) is 17.5 Å². The van der Waals surface area contributed by atoms with Gasteiger partial charge in [0.15, 0.2) is 5.13 Å². The lowest BCUT2D eigenvalue weighted by molar-refractivity contribution is 0.0679. The quantitative estimate of drug-likeness (QED) is 0.865. The second kappa shape index (κ2) is 6.91. The van der Waals surface area contributed by atoms with E-state index in [4.69, 9.17) is 9.47 Å². The molecule has 1 aliphatic carbocycles. The van der Waals surface area contributed by atoms with E-state index in [0.717, 1.165) is 25.1 Å². The maximum absolute atomic E-state index is 12.4. The van der Waals surface area contributed by atoms with Gasteiger partial charge in [-0.05, 0) is 43.9 Å². The van der Waals surface area contributed by atoms with Crippen LogP contribution in [0.4, 0.5) is 5.13 Å². The number of ether oxygens (including phenoxy) is 2. The molecule has 1 atom stereocenters. The van der Waals surface area contributed by atoms with E-state index in [9.17, 15) is 4.79 Å². The summed E-state index contributed by atoms with van der Waals surface area (Å²) in [5.41, 5.74) is 1.67. The number of amides is 1. The summed E-state index contributed by atoms with van der Waals surface area (Å²) in [6.07, 6.45) is 4.71. The Morgan fingerprint density at radius 1 is 1.38 bits per heavy atom. The van der Waals surface area contributed by atoms with Crippen molar-refractivity contribution >= 4 is 22.4 Å². The third kappa shape index (κ3) is 3.76. The number of anilines is 1. The van der Waals surface area contributed by atoms with E-state index >= 15 is 0 Å². The standard InChI is InChI=1S/C18H20N2O3S/c21-17(20-18-19-16(11-24-18)12-6-7-12)13-3-1-4-14(9-13)23-10-15-5-2-8-22-15/h1,3-4,9,11-12,15H,2,5-8,10H2,(H,19,20,21). The Bertz CT molecular complexity index is 721. The highest BCUT2D eigenvalue weighted by atomic mass is 32.1. The first-order valence-electron chi connectivity index (χ1n) is 8.39. The molecule has 1 saturated heterocycles. The van der Waals surface area contributed by atoms with Crippen LogP contribution in [0.25, 0.3) is 0 Å². The Balaban J connectivity index is 1.36. The molecule has 1 unspecified atom stereocenters. The zero-order chi connectivity index (χ0) is 16.4. The molecule has 2 aromatic rings. The molecule has 24 heavy (non-hydrogen) atoms. The highest BCUT2D eigenvalue weighted by Gasteiger charge is 2.26. The maximum atomic E-state index is 12.4. The van der Waals surface area contributed by atoms with Crippen LogP contribution in [0.3, 0.4) is 0 Å². The number of nitrogens with one attached hydrogen (secondary N) is 1. The van der Waals surface area contributed by atoms with Crippen molar-refractivity contribution in [3.63, 3.8) is 0 Å². The fourth-order valence-electron chi connectivity index (χ4n) is 2.77. The molecule has 1 N–H and O–H groups in total. The highest BCUT2D eigenvalue weighted by Crippen LogP contribution is 2.40. The molecular weight excluding hydrogens is 324 g/mol. The molecule has 1 aliphatic heterocycles. The molecule has 126 valence electrons. The fourth-order valence-corrected chi connectivity index (χ4v) is 3.56. The van der Waals surface area contributed by atoms with Gasteiger partial charge in [0.05, 0.1) is 11.8 Å². The Morgan fingerprint density at radius 2 is 2.29 bits per heavy atom. The number of hydrogen-bond acceptors (Lipinski definition) is 5. The highest BCUT2D eigenvalue weighted by molar-refractivity contribution is 7.14. The van der Waals surface area contributed by atoms with Gasteiger partial charge in [-0.2, -0.15) is 0 Å². The molecule has 1 aromatic carbocycles. The van der Waals surface area contributed by atoms with Gasteiger partial charge in [-0.3, -0.25) is 10.1 Å². The van der Waals surface area contributed by atoms with Gasteiger partial charge >= 0.3 is 0 Å². The lowest BCUT2D eigenvalue weighted by Gasteiger charge is -2.12. The number of aromatic nitrogens is 1. The van der Waals surface area contributed by atoms with Gasteiger partial charge in [-0.25, -0.2) is 4.98 Å². The normalized spacial score (nSPS) is 20.1. The van der Waals surface area contributed by atoms with E-state index in [1.165, 1.54) is 24.2 Å². The SMILES string of the molecule is O=C(Nc1nc(C2CC2)cs1)c1cccc(OCC2CCCO2)c1. The van der Waals surface area contributed by atoms with Crippen LogP contribution in [0.2, 0.25) is 0 Å². The second-order valence-electron chi connectivity index (χ2n) is 6.28. The van der Waals surface area contributed by atoms with E-state index in [2.05, 4.69) is 10.3 Å². The van der Waals surface area contributed by atoms with Crippen LogP contribution in [0.5, 0.6) is 5.75 Å². The number of carbonyl (C=O) groups is 1. The van der Waals surface area contributed by atoms with Gasteiger partial charge < -0.3 is 9.47 Å². The number of rotatable bonds is 6. The van der Waals surface area contributed by atoms with Crippen LogP contribution in [0.1, 0.15) is 47.7 Å². The van der Waals surface area contributed by atoms with Crippen LogP contribution in [0.15, 0.2) is 29.6 Å². The predicted octanol–water partition coefficient (Wildman–Crippen LogP) is 3.83. The van der Waals surface area contributed by atoms with Crippen molar-refractivity contribution in [1.82, 2.24) is 4.98 Å². The van der Waals surface area contributed by atoms with Gasteiger partial charge in [0.25, 0.3) is 5.91 Å². The molecule has 1 amide bonds. The number of hydrogen-bond donors (Lipinski definition) is 1. The smallest absolute Gasteiger partial charge is 0.257 e. The van der Waals surface area contributed by atoms with Crippen LogP contribution in [-0.2, 0) is 4.74 Å². The molecule has 5 nitrogen and oxygen atoms in total. The van der Waals surface area contributed by atoms with Crippen LogP contribution < -0.4 is 10.1 Å². The molecule has 0 spiro atoms. The van der Waals surface area contributed by atoms with E-state index in [-0.39, 0.29) is 12.0 Å². The summed E-state index contributed by atoms with van der Waals surface area (Å²) in [7, 11) is 0. The minimum atomic E-state index is -0.158. The van der Waals surface area contributed by atoms with Crippen molar-refractivity contribution in [1.29, 1.82) is 0 Å².